The van der Waals surface area contributed by atoms with E-state index in [-0.39, 0.29) is 11.9 Å². The first kappa shape index (κ1) is 16.1. The first-order valence-electron chi connectivity index (χ1n) is 8.60. The van der Waals surface area contributed by atoms with Gasteiger partial charge in [-0.05, 0) is 35.4 Å². The zero-order chi connectivity index (χ0) is 17.2. The van der Waals surface area contributed by atoms with Crippen LogP contribution in [0.25, 0.3) is 0 Å². The minimum atomic E-state index is -0.719. The number of hydrogen-bond acceptors (Lipinski definition) is 2. The van der Waals surface area contributed by atoms with Crippen LogP contribution >= 0.6 is 0 Å². The Hall–Kier alpha value is -2.43. The monoisotopic (exact) mass is 336 g/mol. The van der Waals surface area contributed by atoms with Gasteiger partial charge in [0.05, 0.1) is 12.1 Å². The SMILES string of the molecule is O[C@@H](CN1CCn2cccc2[C@@H]1c1ccccc1)c1cccc(F)c1. The summed E-state index contributed by atoms with van der Waals surface area (Å²) in [4.78, 5) is 2.28. The van der Waals surface area contributed by atoms with Crippen molar-refractivity contribution in [3.8, 4) is 0 Å². The summed E-state index contributed by atoms with van der Waals surface area (Å²) in [6, 6.07) is 20.9. The lowest BCUT2D eigenvalue weighted by molar-refractivity contribution is 0.0821. The van der Waals surface area contributed by atoms with E-state index in [1.165, 1.54) is 23.4 Å². The maximum atomic E-state index is 13.5. The lowest BCUT2D eigenvalue weighted by Gasteiger charge is -2.38. The van der Waals surface area contributed by atoms with Crippen molar-refractivity contribution in [1.29, 1.82) is 0 Å². The number of aliphatic hydroxyl groups is 1. The van der Waals surface area contributed by atoms with Crippen molar-refractivity contribution in [1.82, 2.24) is 9.47 Å². The summed E-state index contributed by atoms with van der Waals surface area (Å²) in [5.74, 6) is -0.316. The van der Waals surface area contributed by atoms with Crippen LogP contribution in [0.4, 0.5) is 4.39 Å². The summed E-state index contributed by atoms with van der Waals surface area (Å²) < 4.78 is 15.7. The van der Waals surface area contributed by atoms with Gasteiger partial charge in [0.2, 0.25) is 0 Å². The van der Waals surface area contributed by atoms with Crippen molar-refractivity contribution in [3.63, 3.8) is 0 Å². The Morgan fingerprint density at radius 1 is 1.00 bits per heavy atom. The van der Waals surface area contributed by atoms with Crippen molar-refractivity contribution < 1.29 is 9.50 Å². The summed E-state index contributed by atoms with van der Waals surface area (Å²) in [5.41, 5.74) is 3.05. The molecule has 4 rings (SSSR count). The van der Waals surface area contributed by atoms with Gasteiger partial charge in [0.15, 0.2) is 0 Å². The molecule has 0 saturated heterocycles. The quantitative estimate of drug-likeness (QED) is 0.786. The van der Waals surface area contributed by atoms with Gasteiger partial charge in [0.1, 0.15) is 5.82 Å². The van der Waals surface area contributed by atoms with Gasteiger partial charge in [-0.3, -0.25) is 4.90 Å². The van der Waals surface area contributed by atoms with E-state index >= 15 is 0 Å². The Morgan fingerprint density at radius 2 is 1.84 bits per heavy atom. The molecule has 3 nitrogen and oxygen atoms in total. The second kappa shape index (κ2) is 6.82. The summed E-state index contributed by atoms with van der Waals surface area (Å²) in [6.07, 6.45) is 1.38. The van der Waals surface area contributed by atoms with Gasteiger partial charge in [-0.2, -0.15) is 0 Å². The number of halogens is 1. The second-order valence-corrected chi connectivity index (χ2v) is 6.51. The number of hydrogen-bond donors (Lipinski definition) is 1. The van der Waals surface area contributed by atoms with E-state index in [9.17, 15) is 9.50 Å². The summed E-state index contributed by atoms with van der Waals surface area (Å²) in [6.45, 7) is 2.20. The third kappa shape index (κ3) is 3.23. The molecule has 0 bridgehead atoms. The first-order valence-corrected chi connectivity index (χ1v) is 8.60. The van der Waals surface area contributed by atoms with Gasteiger partial charge >= 0.3 is 0 Å². The Labute approximate surface area is 147 Å². The summed E-state index contributed by atoms with van der Waals surface area (Å²) >= 11 is 0. The van der Waals surface area contributed by atoms with E-state index in [2.05, 4.69) is 39.9 Å². The molecule has 4 heteroatoms. The van der Waals surface area contributed by atoms with Gasteiger partial charge in [0.25, 0.3) is 0 Å². The molecule has 0 saturated carbocycles. The molecule has 2 aromatic carbocycles. The largest absolute Gasteiger partial charge is 0.387 e. The maximum absolute atomic E-state index is 13.5. The predicted molar refractivity (Wildman–Crippen MR) is 95.6 cm³/mol. The predicted octanol–water partition coefficient (Wildman–Crippen LogP) is 3.77. The molecule has 2 atom stereocenters. The second-order valence-electron chi connectivity index (χ2n) is 6.51. The van der Waals surface area contributed by atoms with E-state index in [1.807, 2.05) is 18.2 Å². The van der Waals surface area contributed by atoms with Gasteiger partial charge in [0, 0.05) is 31.5 Å². The van der Waals surface area contributed by atoms with Crippen LogP contribution < -0.4 is 0 Å². The average Bonchev–Trinajstić information content (AvgIpc) is 3.11. The van der Waals surface area contributed by atoms with E-state index in [0.717, 1.165) is 13.1 Å². The Kier molecular flexibility index (Phi) is 4.38. The zero-order valence-electron chi connectivity index (χ0n) is 13.9. The Morgan fingerprint density at radius 3 is 2.64 bits per heavy atom. The molecular weight excluding hydrogens is 315 g/mol. The molecule has 0 aliphatic carbocycles. The fraction of sp³-hybridized carbons (Fsp3) is 0.238. The number of aliphatic hydroxyl groups excluding tert-OH is 1. The highest BCUT2D eigenvalue weighted by Crippen LogP contribution is 2.33. The maximum Gasteiger partial charge on any atom is 0.123 e. The van der Waals surface area contributed by atoms with E-state index in [0.29, 0.717) is 12.1 Å². The fourth-order valence-electron chi connectivity index (χ4n) is 3.69. The van der Waals surface area contributed by atoms with Crippen LogP contribution in [0.2, 0.25) is 0 Å². The third-order valence-electron chi connectivity index (χ3n) is 4.89. The minimum absolute atomic E-state index is 0.0909. The molecule has 1 N–H and O–H groups in total. The van der Waals surface area contributed by atoms with Crippen LogP contribution in [0.15, 0.2) is 72.9 Å². The van der Waals surface area contributed by atoms with Crippen molar-refractivity contribution in [2.45, 2.75) is 18.7 Å². The molecule has 0 amide bonds. The third-order valence-corrected chi connectivity index (χ3v) is 4.89. The van der Waals surface area contributed by atoms with E-state index in [1.54, 1.807) is 12.1 Å². The van der Waals surface area contributed by atoms with Crippen molar-refractivity contribution in [2.24, 2.45) is 0 Å². The van der Waals surface area contributed by atoms with Crippen LogP contribution in [0.3, 0.4) is 0 Å². The van der Waals surface area contributed by atoms with E-state index in [4.69, 9.17) is 0 Å². The van der Waals surface area contributed by atoms with Crippen LogP contribution in [-0.2, 0) is 6.54 Å². The number of benzene rings is 2. The Balaban J connectivity index is 1.64. The number of fused-ring (bicyclic) bond motifs is 1. The lowest BCUT2D eigenvalue weighted by Crippen LogP contribution is -2.40. The highest BCUT2D eigenvalue weighted by molar-refractivity contribution is 5.30. The molecule has 25 heavy (non-hydrogen) atoms. The molecule has 0 fully saturated rings. The van der Waals surface area contributed by atoms with Crippen LogP contribution in [0, 0.1) is 5.82 Å². The highest BCUT2D eigenvalue weighted by Gasteiger charge is 2.30. The van der Waals surface area contributed by atoms with Crippen molar-refractivity contribution in [3.05, 3.63) is 95.6 Å². The Bertz CT molecular complexity index is 846. The molecule has 2 heterocycles. The molecule has 0 unspecified atom stereocenters. The molecule has 0 radical (unpaired) electrons. The van der Waals surface area contributed by atoms with Crippen molar-refractivity contribution >= 4 is 0 Å². The standard InChI is InChI=1S/C21H21FN2O/c22-18-9-4-8-17(14-18)20(25)15-24-13-12-23-11-5-10-19(23)21(24)16-6-2-1-3-7-16/h1-11,14,20-21,25H,12-13,15H2/t20-,21-/m0/s1. The molecule has 128 valence electrons. The van der Waals surface area contributed by atoms with E-state index < -0.39 is 6.10 Å². The van der Waals surface area contributed by atoms with Gasteiger partial charge < -0.3 is 9.67 Å². The van der Waals surface area contributed by atoms with Crippen LogP contribution in [0.5, 0.6) is 0 Å². The number of rotatable bonds is 4. The minimum Gasteiger partial charge on any atom is -0.387 e. The van der Waals surface area contributed by atoms with Crippen LogP contribution in [-0.4, -0.2) is 27.7 Å². The highest BCUT2D eigenvalue weighted by atomic mass is 19.1. The fourth-order valence-corrected chi connectivity index (χ4v) is 3.69. The van der Waals surface area contributed by atoms with Gasteiger partial charge in [-0.1, -0.05) is 42.5 Å². The normalized spacial score (nSPS) is 18.7. The van der Waals surface area contributed by atoms with Crippen LogP contribution in [0.1, 0.15) is 29.0 Å². The smallest absolute Gasteiger partial charge is 0.123 e. The first-order chi connectivity index (χ1) is 12.2. The number of aromatic nitrogens is 1. The zero-order valence-corrected chi connectivity index (χ0v) is 13.9. The molecule has 1 aliphatic heterocycles. The van der Waals surface area contributed by atoms with Crippen molar-refractivity contribution in [2.75, 3.05) is 13.1 Å². The number of nitrogens with zero attached hydrogens (tertiary/aromatic N) is 2. The topological polar surface area (TPSA) is 28.4 Å². The number of β-amino-alcohol motifs (C(OH)–C–C–N with tert-alkyl or cyclic N) is 1. The molecular formula is C21H21FN2O. The molecule has 1 aliphatic rings. The molecule has 3 aromatic rings. The lowest BCUT2D eigenvalue weighted by atomic mass is 9.98. The van der Waals surface area contributed by atoms with Gasteiger partial charge in [-0.15, -0.1) is 0 Å². The van der Waals surface area contributed by atoms with Gasteiger partial charge in [-0.25, -0.2) is 4.39 Å². The summed E-state index contributed by atoms with van der Waals surface area (Å²) in [7, 11) is 0. The molecule has 0 spiro atoms. The average molecular weight is 336 g/mol. The molecule has 1 aromatic heterocycles. The summed E-state index contributed by atoms with van der Waals surface area (Å²) in [5, 5.41) is 10.6.